The topological polar surface area (TPSA) is 97.1 Å². The van der Waals surface area contributed by atoms with E-state index in [1.54, 1.807) is 24.8 Å². The Hall–Kier alpha value is -4.94. The molecule has 8 rings (SSSR count). The summed E-state index contributed by atoms with van der Waals surface area (Å²) in [4.78, 5) is 8.49. The van der Waals surface area contributed by atoms with Crippen molar-refractivity contribution >= 4 is 53.7 Å². The number of aromatic nitrogens is 10. The molecule has 47 heavy (non-hydrogen) atoms. The van der Waals surface area contributed by atoms with Crippen LogP contribution in [0.3, 0.4) is 0 Å². The second-order valence-corrected chi connectivity index (χ2v) is 12.3. The van der Waals surface area contributed by atoms with Gasteiger partial charge in [0, 0.05) is 54.2 Å². The second-order valence-electron chi connectivity index (χ2n) is 10.7. The van der Waals surface area contributed by atoms with Crippen molar-refractivity contribution in [1.29, 1.82) is 0 Å². The summed E-state index contributed by atoms with van der Waals surface area (Å²) in [6.07, 6.45) is 15.0. The van der Waals surface area contributed by atoms with Gasteiger partial charge in [0.1, 0.15) is 20.2 Å². The fraction of sp³-hybridized carbons (Fsp3) is 0.143. The minimum absolute atomic E-state index is 0. The molecule has 12 heteroatoms. The van der Waals surface area contributed by atoms with E-state index in [4.69, 9.17) is 0 Å². The molecule has 0 aliphatic rings. The molecule has 0 bridgehead atoms. The number of halogens is 2. The number of nitrogens with zero attached hydrogens (tertiary/aromatic N) is 10. The Labute approximate surface area is 289 Å². The third-order valence-corrected chi connectivity index (χ3v) is 8.62. The first kappa shape index (κ1) is 32.0. The van der Waals surface area contributed by atoms with E-state index in [2.05, 4.69) is 111 Å². The normalized spacial score (nSPS) is 10.9. The molecule has 10 nitrogen and oxygen atoms in total. The molecule has 8 aromatic rings. The molecule has 6 aromatic heterocycles. The van der Waals surface area contributed by atoms with Crippen molar-refractivity contribution in [3.63, 3.8) is 0 Å². The molecule has 0 fully saturated rings. The number of hydrogen-bond acceptors (Lipinski definition) is 6. The van der Waals surface area contributed by atoms with Gasteiger partial charge in [-0.15, -0.1) is 0 Å². The molecule has 0 spiro atoms. The largest absolute Gasteiger partial charge is 0.268 e. The zero-order valence-electron chi connectivity index (χ0n) is 24.6. The first-order valence-corrected chi connectivity index (χ1v) is 16.2. The van der Waals surface area contributed by atoms with Gasteiger partial charge >= 0.3 is 0 Å². The van der Waals surface area contributed by atoms with Crippen molar-refractivity contribution in [2.45, 2.75) is 33.6 Å². The number of benzene rings is 2. The number of pyridine rings is 2. The van der Waals surface area contributed by atoms with Gasteiger partial charge < -0.3 is 0 Å². The maximum Gasteiger partial charge on any atom is 0.134 e. The Morgan fingerprint density at radius 2 is 1.04 bits per heavy atom. The molecule has 0 saturated heterocycles. The lowest BCUT2D eigenvalue weighted by Gasteiger charge is -2.07. The van der Waals surface area contributed by atoms with E-state index in [0.717, 1.165) is 57.2 Å². The van der Waals surface area contributed by atoms with Gasteiger partial charge in [-0.1, -0.05) is 56.0 Å². The van der Waals surface area contributed by atoms with Crippen molar-refractivity contribution in [3.05, 3.63) is 154 Å². The molecular formula is C35H32Br2N10. The molecule has 0 aliphatic heterocycles. The first-order valence-electron chi connectivity index (χ1n) is 14.6. The van der Waals surface area contributed by atoms with Gasteiger partial charge in [0.25, 0.3) is 0 Å². The summed E-state index contributed by atoms with van der Waals surface area (Å²) < 4.78 is 9.35. The Bertz CT molecular complexity index is 2160. The molecule has 0 amide bonds. The Morgan fingerprint density at radius 1 is 0.532 bits per heavy atom. The summed E-state index contributed by atoms with van der Waals surface area (Å²) >= 11 is 6.94. The van der Waals surface area contributed by atoms with Crippen LogP contribution in [-0.4, -0.2) is 49.1 Å². The maximum absolute atomic E-state index is 4.58. The van der Waals surface area contributed by atoms with Crippen LogP contribution >= 0.6 is 31.9 Å². The van der Waals surface area contributed by atoms with Crippen molar-refractivity contribution in [3.8, 4) is 0 Å². The van der Waals surface area contributed by atoms with Crippen LogP contribution in [0.5, 0.6) is 0 Å². The van der Waals surface area contributed by atoms with E-state index in [9.17, 15) is 0 Å². The number of rotatable bonds is 8. The third-order valence-electron chi connectivity index (χ3n) is 7.46. The molecule has 2 aromatic carbocycles. The Morgan fingerprint density at radius 3 is 1.57 bits per heavy atom. The minimum Gasteiger partial charge on any atom is -0.268 e. The van der Waals surface area contributed by atoms with Crippen LogP contribution < -0.4 is 0 Å². The molecule has 236 valence electrons. The smallest absolute Gasteiger partial charge is 0.134 e. The number of hydrogen-bond donors (Lipinski definition) is 0. The van der Waals surface area contributed by atoms with Crippen LogP contribution in [-0.2, 0) is 26.2 Å². The van der Waals surface area contributed by atoms with Crippen LogP contribution in [0.25, 0.3) is 21.8 Å². The lowest BCUT2D eigenvalue weighted by Crippen LogP contribution is -2.03. The average molecular weight is 753 g/mol. The van der Waals surface area contributed by atoms with Crippen molar-refractivity contribution in [2.24, 2.45) is 0 Å². The van der Waals surface area contributed by atoms with Crippen LogP contribution in [0.15, 0.2) is 132 Å². The summed E-state index contributed by atoms with van der Waals surface area (Å²) in [7, 11) is 0. The highest BCUT2D eigenvalue weighted by Gasteiger charge is 2.08. The van der Waals surface area contributed by atoms with E-state index in [1.165, 1.54) is 22.3 Å². The van der Waals surface area contributed by atoms with Crippen molar-refractivity contribution < 1.29 is 0 Å². The van der Waals surface area contributed by atoms with Gasteiger partial charge in [-0.3, -0.25) is 18.7 Å². The van der Waals surface area contributed by atoms with Gasteiger partial charge in [0.05, 0.1) is 32.4 Å². The predicted octanol–water partition coefficient (Wildman–Crippen LogP) is 7.61. The average Bonchev–Trinajstić information content (AvgIpc) is 3.89. The molecule has 0 radical (unpaired) electrons. The molecule has 0 unspecified atom stereocenters. The fourth-order valence-corrected chi connectivity index (χ4v) is 6.16. The van der Waals surface area contributed by atoms with Crippen LogP contribution in [0.1, 0.15) is 29.7 Å². The second kappa shape index (κ2) is 14.7. The summed E-state index contributed by atoms with van der Waals surface area (Å²) in [5, 5.41) is 19.7. The van der Waals surface area contributed by atoms with E-state index in [0.29, 0.717) is 0 Å². The van der Waals surface area contributed by atoms with Crippen LogP contribution in [0, 0.1) is 0 Å². The lowest BCUT2D eigenvalue weighted by molar-refractivity contribution is 0.682. The standard InChI is InChI=1S/2C17H14BrN5.CH4/c18-17-16-15(6-8-19-17)10-21-23(16)12-14-4-2-13(3-5-14)11-22-9-1-7-20-22;18-17-16-15(6-8-19-17)12-23(21-16)11-14-4-2-13(3-5-14)10-22-9-1-7-20-22;/h1-10H,11-12H2;1-9,12H,10-11H2;1H4. The summed E-state index contributed by atoms with van der Waals surface area (Å²) in [6.45, 7) is 3.03. The zero-order valence-corrected chi connectivity index (χ0v) is 27.8. The summed E-state index contributed by atoms with van der Waals surface area (Å²) in [6, 6.07) is 24.9. The van der Waals surface area contributed by atoms with Crippen LogP contribution in [0.2, 0.25) is 0 Å². The Balaban J connectivity index is 0.000000161. The fourth-order valence-electron chi connectivity index (χ4n) is 5.18. The van der Waals surface area contributed by atoms with E-state index >= 15 is 0 Å². The number of fused-ring (bicyclic) bond motifs is 2. The highest BCUT2D eigenvalue weighted by atomic mass is 79.9. The highest BCUT2D eigenvalue weighted by Crippen LogP contribution is 2.22. The van der Waals surface area contributed by atoms with Crippen molar-refractivity contribution in [1.82, 2.24) is 49.1 Å². The van der Waals surface area contributed by atoms with Gasteiger partial charge in [0.2, 0.25) is 0 Å². The van der Waals surface area contributed by atoms with E-state index < -0.39 is 0 Å². The first-order chi connectivity index (χ1) is 22.6. The van der Waals surface area contributed by atoms with Crippen LogP contribution in [0.4, 0.5) is 0 Å². The lowest BCUT2D eigenvalue weighted by atomic mass is 10.1. The van der Waals surface area contributed by atoms with E-state index in [1.807, 2.05) is 67.8 Å². The Kier molecular flexibility index (Phi) is 9.98. The van der Waals surface area contributed by atoms with Crippen molar-refractivity contribution in [2.75, 3.05) is 0 Å². The molecule has 6 heterocycles. The van der Waals surface area contributed by atoms with E-state index in [-0.39, 0.29) is 7.43 Å². The van der Waals surface area contributed by atoms with Gasteiger partial charge in [0.15, 0.2) is 0 Å². The summed E-state index contributed by atoms with van der Waals surface area (Å²) in [5.41, 5.74) is 6.79. The SMILES string of the molecule is Brc1nccc2cn(Cc3ccc(Cn4cccn4)cc3)nc12.Brc1nccc2cnn(Cc3ccc(Cn4cccn4)cc3)c12.C. The van der Waals surface area contributed by atoms with Gasteiger partial charge in [-0.05, 0) is 78.4 Å². The molecule has 0 atom stereocenters. The molecular weight excluding hydrogens is 720 g/mol. The molecule has 0 saturated carbocycles. The monoisotopic (exact) mass is 750 g/mol. The highest BCUT2D eigenvalue weighted by molar-refractivity contribution is 9.10. The predicted molar refractivity (Wildman–Crippen MR) is 191 cm³/mol. The van der Waals surface area contributed by atoms with Gasteiger partial charge in [-0.25, -0.2) is 9.97 Å². The minimum atomic E-state index is 0. The summed E-state index contributed by atoms with van der Waals surface area (Å²) in [5.74, 6) is 0. The maximum atomic E-state index is 4.58. The molecule has 0 aliphatic carbocycles. The molecule has 0 N–H and O–H groups in total. The zero-order chi connectivity index (χ0) is 31.3. The quantitative estimate of drug-likeness (QED) is 0.148. The van der Waals surface area contributed by atoms with Gasteiger partial charge in [-0.2, -0.15) is 20.4 Å². The third kappa shape index (κ3) is 7.72.